The second kappa shape index (κ2) is 27.7. The zero-order chi connectivity index (χ0) is 29.9. The lowest BCUT2D eigenvalue weighted by atomic mass is 9.99. The molecule has 0 spiro atoms. The van der Waals surface area contributed by atoms with Gasteiger partial charge < -0.3 is 9.79 Å². The summed E-state index contributed by atoms with van der Waals surface area (Å²) in [6.07, 6.45) is 37.5. The monoisotopic (exact) mass is 626 g/mol. The number of unbranched alkanes of at least 4 members (excludes halogenated alkanes) is 24. The van der Waals surface area contributed by atoms with Gasteiger partial charge >= 0.3 is 0 Å². The minimum atomic E-state index is -3.33. The highest BCUT2D eigenvalue weighted by Gasteiger charge is 2.17. The lowest BCUT2D eigenvalue weighted by Crippen LogP contribution is -1.96. The van der Waals surface area contributed by atoms with E-state index in [-0.39, 0.29) is 0 Å². The Morgan fingerprint density at radius 2 is 0.756 bits per heavy atom. The maximum Gasteiger partial charge on any atom is 0.246 e. The maximum absolute atomic E-state index is 10.1. The van der Waals surface area contributed by atoms with Crippen molar-refractivity contribution in [3.8, 4) is 0 Å². The molecular weight excluding hydrogens is 560 g/mol. The molecule has 41 heavy (non-hydrogen) atoms. The van der Waals surface area contributed by atoms with Crippen molar-refractivity contribution >= 4 is 28.9 Å². The highest BCUT2D eigenvalue weighted by Crippen LogP contribution is 2.56. The fourth-order valence-electron chi connectivity index (χ4n) is 5.93. The Morgan fingerprint density at radius 3 is 1.02 bits per heavy atom. The fraction of sp³-hybridized carbons (Fsp3) is 0.833. The van der Waals surface area contributed by atoms with Gasteiger partial charge in [0.1, 0.15) is 0 Å². The second-order valence-corrected chi connectivity index (χ2v) is 18.3. The maximum atomic E-state index is 10.1. The van der Waals surface area contributed by atoms with E-state index in [0.29, 0.717) is 0 Å². The first-order valence-corrected chi connectivity index (χ1v) is 22.0. The summed E-state index contributed by atoms with van der Waals surface area (Å²) in [6, 6.07) is 6.53. The smallest absolute Gasteiger partial charge is 0.246 e. The van der Waals surface area contributed by atoms with Crippen molar-refractivity contribution in [1.82, 2.24) is 0 Å². The summed E-state index contributed by atoms with van der Waals surface area (Å²) in [4.78, 5) is 21.3. The molecule has 5 heteroatoms. The van der Waals surface area contributed by atoms with E-state index >= 15 is 0 Å². The first-order valence-electron chi connectivity index (χ1n) is 17.8. The van der Waals surface area contributed by atoms with Crippen LogP contribution in [0.25, 0.3) is 0 Å². The standard InChI is InChI=1S/C36H67O2PS2/c1-3-5-7-9-11-13-15-17-19-21-23-25-27-30-34-32-29-33-35(36(34)41-39(37,38)40)31-28-26-24-22-20-18-16-14-12-10-8-6-4-2/h29,32-33H,3-28,30-31H2,1-2H3,(H2,37,38,40). The van der Waals surface area contributed by atoms with Crippen molar-refractivity contribution in [3.05, 3.63) is 29.3 Å². The molecule has 0 saturated heterocycles. The van der Waals surface area contributed by atoms with Crippen molar-refractivity contribution in [3.63, 3.8) is 0 Å². The third kappa shape index (κ3) is 24.2. The van der Waals surface area contributed by atoms with Crippen molar-refractivity contribution in [1.29, 1.82) is 0 Å². The minimum absolute atomic E-state index is 1.02. The van der Waals surface area contributed by atoms with Gasteiger partial charge in [0.15, 0.2) is 0 Å². The van der Waals surface area contributed by atoms with Crippen LogP contribution in [-0.2, 0) is 24.6 Å². The van der Waals surface area contributed by atoms with Crippen LogP contribution in [0.3, 0.4) is 0 Å². The van der Waals surface area contributed by atoms with Crippen LogP contribution in [-0.4, -0.2) is 9.79 Å². The van der Waals surface area contributed by atoms with Gasteiger partial charge in [0.25, 0.3) is 0 Å². The molecule has 0 saturated carbocycles. The molecule has 240 valence electrons. The molecular formula is C36H67O2PS2. The van der Waals surface area contributed by atoms with Crippen molar-refractivity contribution in [2.75, 3.05) is 0 Å². The molecule has 0 atom stereocenters. The van der Waals surface area contributed by atoms with Gasteiger partial charge in [0.05, 0.1) is 0 Å². The average Bonchev–Trinajstić information content (AvgIpc) is 2.94. The Balaban J connectivity index is 2.25. The first-order chi connectivity index (χ1) is 20.0. The molecule has 0 radical (unpaired) electrons. The van der Waals surface area contributed by atoms with Gasteiger partial charge in [0, 0.05) is 4.90 Å². The van der Waals surface area contributed by atoms with Crippen LogP contribution in [0.1, 0.15) is 192 Å². The summed E-state index contributed by atoms with van der Waals surface area (Å²) in [5.74, 6) is 0. The zero-order valence-corrected chi connectivity index (χ0v) is 29.7. The third-order valence-electron chi connectivity index (χ3n) is 8.49. The van der Waals surface area contributed by atoms with E-state index in [1.807, 2.05) is 0 Å². The summed E-state index contributed by atoms with van der Waals surface area (Å²) in [6.45, 7) is 4.57. The predicted molar refractivity (Wildman–Crippen MR) is 190 cm³/mol. The Hall–Kier alpha value is 0.140. The molecule has 0 aliphatic carbocycles. The molecule has 1 aromatic carbocycles. The van der Waals surface area contributed by atoms with E-state index in [2.05, 4.69) is 32.0 Å². The van der Waals surface area contributed by atoms with Crippen LogP contribution < -0.4 is 0 Å². The van der Waals surface area contributed by atoms with Gasteiger partial charge in [-0.2, -0.15) is 0 Å². The fourth-order valence-corrected chi connectivity index (χ4v) is 8.83. The highest BCUT2D eigenvalue weighted by atomic mass is 32.9. The molecule has 0 unspecified atom stereocenters. The molecule has 0 amide bonds. The minimum Gasteiger partial charge on any atom is -0.337 e. The molecule has 2 N–H and O–H groups in total. The largest absolute Gasteiger partial charge is 0.337 e. The SMILES string of the molecule is CCCCCCCCCCCCCCCc1cccc(CCCCCCCCCCCCCCC)c1SP(O)(O)=S. The van der Waals surface area contributed by atoms with Crippen molar-refractivity contribution < 1.29 is 9.79 Å². The van der Waals surface area contributed by atoms with Crippen LogP contribution in [0.5, 0.6) is 0 Å². The molecule has 0 heterocycles. The van der Waals surface area contributed by atoms with Gasteiger partial charge in [0.2, 0.25) is 5.69 Å². The van der Waals surface area contributed by atoms with Crippen LogP contribution in [0.2, 0.25) is 0 Å². The van der Waals surface area contributed by atoms with Gasteiger partial charge in [-0.3, -0.25) is 0 Å². The summed E-state index contributed by atoms with van der Waals surface area (Å²) in [5, 5.41) is 0. The lowest BCUT2D eigenvalue weighted by Gasteiger charge is -2.16. The van der Waals surface area contributed by atoms with E-state index in [4.69, 9.17) is 11.8 Å². The average molecular weight is 627 g/mol. The summed E-state index contributed by atoms with van der Waals surface area (Å²) in [5.41, 5.74) is -0.802. The van der Waals surface area contributed by atoms with Gasteiger partial charge in [-0.15, -0.1) is 0 Å². The number of aryl methyl sites for hydroxylation is 2. The van der Waals surface area contributed by atoms with E-state index in [1.165, 1.54) is 178 Å². The Kier molecular flexibility index (Phi) is 26.4. The predicted octanol–water partition coefficient (Wildman–Crippen LogP) is 13.3. The number of hydrogen-bond donors (Lipinski definition) is 2. The molecule has 0 bridgehead atoms. The molecule has 1 rings (SSSR count). The zero-order valence-electron chi connectivity index (χ0n) is 27.2. The van der Waals surface area contributed by atoms with E-state index < -0.39 is 5.69 Å². The Labute approximate surface area is 265 Å². The van der Waals surface area contributed by atoms with Gasteiger partial charge in [-0.1, -0.05) is 186 Å². The lowest BCUT2D eigenvalue weighted by molar-refractivity contribution is 0.502. The summed E-state index contributed by atoms with van der Waals surface area (Å²) >= 11 is 6.21. The quantitative estimate of drug-likeness (QED) is 0.0658. The van der Waals surface area contributed by atoms with E-state index in [9.17, 15) is 9.79 Å². The van der Waals surface area contributed by atoms with Gasteiger partial charge in [-0.05, 0) is 60.0 Å². The highest BCUT2D eigenvalue weighted by molar-refractivity contribution is 8.67. The number of benzene rings is 1. The molecule has 1 aromatic rings. The van der Waals surface area contributed by atoms with Crippen LogP contribution in [0.4, 0.5) is 0 Å². The second-order valence-electron chi connectivity index (χ2n) is 12.5. The topological polar surface area (TPSA) is 40.5 Å². The van der Waals surface area contributed by atoms with Crippen LogP contribution in [0.15, 0.2) is 23.1 Å². The molecule has 0 aromatic heterocycles. The van der Waals surface area contributed by atoms with E-state index in [0.717, 1.165) is 29.1 Å². The number of rotatable bonds is 30. The molecule has 0 aliphatic heterocycles. The molecule has 2 nitrogen and oxygen atoms in total. The van der Waals surface area contributed by atoms with Crippen LogP contribution in [0, 0.1) is 0 Å². The van der Waals surface area contributed by atoms with E-state index in [1.54, 1.807) is 0 Å². The molecule has 0 aliphatic rings. The Bertz CT molecular complexity index is 716. The van der Waals surface area contributed by atoms with Crippen molar-refractivity contribution in [2.45, 2.75) is 199 Å². The van der Waals surface area contributed by atoms with Gasteiger partial charge in [-0.25, -0.2) is 0 Å². The third-order valence-corrected chi connectivity index (χ3v) is 11.4. The van der Waals surface area contributed by atoms with Crippen molar-refractivity contribution in [2.24, 2.45) is 0 Å². The summed E-state index contributed by atoms with van der Waals surface area (Å²) in [7, 11) is 0. The Morgan fingerprint density at radius 1 is 0.488 bits per heavy atom. The first kappa shape index (κ1) is 39.2. The van der Waals surface area contributed by atoms with Crippen LogP contribution >= 0.6 is 17.1 Å². The summed E-state index contributed by atoms with van der Waals surface area (Å²) < 4.78 is 0. The number of hydrogen-bond acceptors (Lipinski definition) is 2. The normalized spacial score (nSPS) is 11.9. The molecule has 0 fully saturated rings.